The van der Waals surface area contributed by atoms with Gasteiger partial charge in [-0.15, -0.1) is 0 Å². The quantitative estimate of drug-likeness (QED) is 0.450. The number of hydrogen-bond acceptors (Lipinski definition) is 1. The summed E-state index contributed by atoms with van der Waals surface area (Å²) in [6.45, 7) is 10.8. The molecule has 0 aromatic rings. The predicted octanol–water partition coefficient (Wildman–Crippen LogP) is 4.76. The molecule has 16 heavy (non-hydrogen) atoms. The molecule has 1 atom stereocenters. The largest absolute Gasteiger partial charge is 0.295 e. The molecule has 0 fully saturated rings. The summed E-state index contributed by atoms with van der Waals surface area (Å²) in [6, 6.07) is 0. The number of hydrogen-bond donors (Lipinski definition) is 0. The second kappa shape index (κ2) is 7.65. The van der Waals surface area contributed by atoms with E-state index in [1.807, 2.05) is 6.08 Å². The maximum atomic E-state index is 10.7. The molecule has 0 radical (unpaired) electrons. The van der Waals surface area contributed by atoms with Crippen LogP contribution in [0.25, 0.3) is 0 Å². The molecule has 0 aliphatic carbocycles. The monoisotopic (exact) mass is 224 g/mol. The first-order valence-corrected chi connectivity index (χ1v) is 6.48. The third-order valence-corrected chi connectivity index (χ3v) is 2.76. The fourth-order valence-corrected chi connectivity index (χ4v) is 1.73. The molecule has 0 aliphatic heterocycles. The number of unbranched alkanes of at least 4 members (excludes halogenated alkanes) is 1. The zero-order chi connectivity index (χ0) is 12.6. The topological polar surface area (TPSA) is 17.1 Å². The molecule has 0 aromatic carbocycles. The second-order valence-electron chi connectivity index (χ2n) is 6.16. The van der Waals surface area contributed by atoms with Gasteiger partial charge in [-0.25, -0.2) is 0 Å². The van der Waals surface area contributed by atoms with Gasteiger partial charge in [0.25, 0.3) is 0 Å². The first-order chi connectivity index (χ1) is 7.31. The highest BCUT2D eigenvalue weighted by Crippen LogP contribution is 2.23. The van der Waals surface area contributed by atoms with E-state index in [9.17, 15) is 4.79 Å². The molecular formula is C15H28O. The Balaban J connectivity index is 3.51. The Labute approximate surface area is 101 Å². The maximum Gasteiger partial charge on any atom is 0.152 e. The SMILES string of the molecule is CC(=O)/C=C/CC(C)CCCCC(C)(C)C. The minimum absolute atomic E-state index is 0.153. The Morgan fingerprint density at radius 3 is 2.38 bits per heavy atom. The fraction of sp³-hybridized carbons (Fsp3) is 0.800. The average molecular weight is 224 g/mol. The van der Waals surface area contributed by atoms with Crippen LogP contribution >= 0.6 is 0 Å². The van der Waals surface area contributed by atoms with Crippen molar-refractivity contribution in [3.05, 3.63) is 12.2 Å². The van der Waals surface area contributed by atoms with Crippen LogP contribution in [0.1, 0.15) is 66.7 Å². The normalized spacial score (nSPS) is 14.3. The van der Waals surface area contributed by atoms with E-state index < -0.39 is 0 Å². The minimum atomic E-state index is 0.153. The number of carbonyl (C=O) groups is 1. The van der Waals surface area contributed by atoms with E-state index in [2.05, 4.69) is 27.7 Å². The highest BCUT2D eigenvalue weighted by Gasteiger charge is 2.09. The van der Waals surface area contributed by atoms with Gasteiger partial charge in [0.15, 0.2) is 5.78 Å². The fourth-order valence-electron chi connectivity index (χ4n) is 1.73. The summed E-state index contributed by atoms with van der Waals surface area (Å²) in [5, 5.41) is 0. The standard InChI is InChI=1S/C15H28O/c1-13(10-8-11-14(2)16)9-6-7-12-15(3,4)5/h8,11,13H,6-7,9-10,12H2,1-5H3/b11-8+. The zero-order valence-electron chi connectivity index (χ0n) is 11.7. The van der Waals surface area contributed by atoms with Crippen molar-refractivity contribution in [3.8, 4) is 0 Å². The van der Waals surface area contributed by atoms with Crippen molar-refractivity contribution in [1.82, 2.24) is 0 Å². The van der Waals surface area contributed by atoms with Gasteiger partial charge in [-0.05, 0) is 37.2 Å². The van der Waals surface area contributed by atoms with Crippen LogP contribution in [0.2, 0.25) is 0 Å². The van der Waals surface area contributed by atoms with E-state index in [4.69, 9.17) is 0 Å². The Hall–Kier alpha value is -0.590. The van der Waals surface area contributed by atoms with Crippen molar-refractivity contribution < 1.29 is 4.79 Å². The predicted molar refractivity (Wildman–Crippen MR) is 71.5 cm³/mol. The van der Waals surface area contributed by atoms with Gasteiger partial charge in [-0.1, -0.05) is 53.0 Å². The molecule has 0 bridgehead atoms. The molecule has 1 heteroatoms. The van der Waals surface area contributed by atoms with E-state index in [0.29, 0.717) is 11.3 Å². The lowest BCUT2D eigenvalue weighted by atomic mass is 9.88. The van der Waals surface area contributed by atoms with E-state index in [0.717, 1.165) is 6.42 Å². The molecule has 94 valence electrons. The molecule has 1 unspecified atom stereocenters. The van der Waals surface area contributed by atoms with Gasteiger partial charge in [-0.3, -0.25) is 4.79 Å². The lowest BCUT2D eigenvalue weighted by Crippen LogP contribution is -2.04. The number of ketones is 1. The van der Waals surface area contributed by atoms with Gasteiger partial charge in [0.2, 0.25) is 0 Å². The average Bonchev–Trinajstić information content (AvgIpc) is 2.10. The van der Waals surface area contributed by atoms with Gasteiger partial charge in [0.05, 0.1) is 0 Å². The third-order valence-electron chi connectivity index (χ3n) is 2.76. The van der Waals surface area contributed by atoms with Crippen molar-refractivity contribution >= 4 is 5.78 Å². The van der Waals surface area contributed by atoms with E-state index in [-0.39, 0.29) is 5.78 Å². The molecule has 0 rings (SSSR count). The van der Waals surface area contributed by atoms with Crippen molar-refractivity contribution in [2.24, 2.45) is 11.3 Å². The number of allylic oxidation sites excluding steroid dienone is 2. The van der Waals surface area contributed by atoms with Crippen LogP contribution in [-0.4, -0.2) is 5.78 Å². The minimum Gasteiger partial charge on any atom is -0.295 e. The van der Waals surface area contributed by atoms with Crippen molar-refractivity contribution in [2.45, 2.75) is 66.7 Å². The highest BCUT2D eigenvalue weighted by atomic mass is 16.1. The van der Waals surface area contributed by atoms with Crippen molar-refractivity contribution in [1.29, 1.82) is 0 Å². The molecule has 0 saturated heterocycles. The Kier molecular flexibility index (Phi) is 7.36. The van der Waals surface area contributed by atoms with Crippen LogP contribution < -0.4 is 0 Å². The Morgan fingerprint density at radius 1 is 1.25 bits per heavy atom. The maximum absolute atomic E-state index is 10.7. The highest BCUT2D eigenvalue weighted by molar-refractivity contribution is 5.87. The molecule has 0 spiro atoms. The number of rotatable bonds is 7. The van der Waals surface area contributed by atoms with E-state index >= 15 is 0 Å². The summed E-state index contributed by atoms with van der Waals surface area (Å²) in [4.78, 5) is 10.7. The third kappa shape index (κ3) is 11.5. The summed E-state index contributed by atoms with van der Waals surface area (Å²) in [5.74, 6) is 0.857. The summed E-state index contributed by atoms with van der Waals surface area (Å²) < 4.78 is 0. The lowest BCUT2D eigenvalue weighted by Gasteiger charge is -2.18. The molecule has 0 aromatic heterocycles. The summed E-state index contributed by atoms with van der Waals surface area (Å²) in [7, 11) is 0. The first kappa shape index (κ1) is 15.4. The Morgan fingerprint density at radius 2 is 1.88 bits per heavy atom. The molecular weight excluding hydrogens is 196 g/mol. The smallest absolute Gasteiger partial charge is 0.152 e. The van der Waals surface area contributed by atoms with Gasteiger partial charge in [0.1, 0.15) is 0 Å². The van der Waals surface area contributed by atoms with Crippen LogP contribution in [0.4, 0.5) is 0 Å². The second-order valence-corrected chi connectivity index (χ2v) is 6.16. The first-order valence-electron chi connectivity index (χ1n) is 6.48. The molecule has 0 aliphatic rings. The summed E-state index contributed by atoms with van der Waals surface area (Å²) in [6.07, 6.45) is 9.95. The van der Waals surface area contributed by atoms with Crippen LogP contribution in [0, 0.1) is 11.3 Å². The van der Waals surface area contributed by atoms with Crippen LogP contribution in [0.3, 0.4) is 0 Å². The van der Waals surface area contributed by atoms with Gasteiger partial charge in [0, 0.05) is 0 Å². The summed E-state index contributed by atoms with van der Waals surface area (Å²) in [5.41, 5.74) is 0.470. The lowest BCUT2D eigenvalue weighted by molar-refractivity contribution is -0.112. The molecule has 0 saturated carbocycles. The molecule has 0 amide bonds. The van der Waals surface area contributed by atoms with Crippen molar-refractivity contribution in [3.63, 3.8) is 0 Å². The summed E-state index contributed by atoms with van der Waals surface area (Å²) >= 11 is 0. The number of carbonyl (C=O) groups excluding carboxylic acids is 1. The van der Waals surface area contributed by atoms with Crippen LogP contribution in [0.5, 0.6) is 0 Å². The molecule has 0 N–H and O–H groups in total. The zero-order valence-corrected chi connectivity index (χ0v) is 11.7. The molecule has 0 heterocycles. The Bertz CT molecular complexity index is 220. The van der Waals surface area contributed by atoms with Gasteiger partial charge < -0.3 is 0 Å². The van der Waals surface area contributed by atoms with Crippen LogP contribution in [0.15, 0.2) is 12.2 Å². The van der Waals surface area contributed by atoms with Gasteiger partial charge >= 0.3 is 0 Å². The van der Waals surface area contributed by atoms with Crippen molar-refractivity contribution in [2.75, 3.05) is 0 Å². The van der Waals surface area contributed by atoms with E-state index in [1.54, 1.807) is 13.0 Å². The van der Waals surface area contributed by atoms with Crippen LogP contribution in [-0.2, 0) is 4.79 Å². The molecule has 1 nitrogen and oxygen atoms in total. The van der Waals surface area contributed by atoms with E-state index in [1.165, 1.54) is 25.7 Å². The van der Waals surface area contributed by atoms with Gasteiger partial charge in [-0.2, -0.15) is 0 Å².